The Labute approximate surface area is 348 Å². The van der Waals surface area contributed by atoms with Crippen molar-refractivity contribution in [3.63, 3.8) is 0 Å². The van der Waals surface area contributed by atoms with Crippen LogP contribution in [-0.2, 0) is 28.6 Å². The molecule has 0 N–H and O–H groups in total. The second kappa shape index (κ2) is 43.0. The summed E-state index contributed by atoms with van der Waals surface area (Å²) in [7, 11) is 0. The van der Waals surface area contributed by atoms with Gasteiger partial charge in [-0.3, -0.25) is 14.4 Å². The molecule has 3 atom stereocenters. The predicted molar refractivity (Wildman–Crippen MR) is 238 cm³/mol. The normalized spacial score (nSPS) is 13.0. The molecular formula is C50H96O6. The Bertz CT molecular complexity index is 858. The molecule has 0 aromatic carbocycles. The molecule has 332 valence electrons. The third-order valence-electron chi connectivity index (χ3n) is 11.9. The van der Waals surface area contributed by atoms with E-state index in [1.54, 1.807) is 0 Å². The maximum Gasteiger partial charge on any atom is 0.306 e. The van der Waals surface area contributed by atoms with Crippen molar-refractivity contribution in [2.75, 3.05) is 13.2 Å². The molecule has 0 heterocycles. The Hall–Kier alpha value is -1.59. The van der Waals surface area contributed by atoms with Crippen molar-refractivity contribution in [1.82, 2.24) is 0 Å². The van der Waals surface area contributed by atoms with Gasteiger partial charge in [-0.15, -0.1) is 0 Å². The summed E-state index contributed by atoms with van der Waals surface area (Å²) in [5.74, 6) is 0.830. The van der Waals surface area contributed by atoms with Crippen LogP contribution in [0.1, 0.15) is 272 Å². The molecule has 6 nitrogen and oxygen atoms in total. The topological polar surface area (TPSA) is 78.9 Å². The van der Waals surface area contributed by atoms with Crippen molar-refractivity contribution in [2.24, 2.45) is 11.8 Å². The van der Waals surface area contributed by atoms with Gasteiger partial charge in [-0.2, -0.15) is 0 Å². The van der Waals surface area contributed by atoms with Crippen molar-refractivity contribution in [3.8, 4) is 0 Å². The first-order chi connectivity index (χ1) is 27.3. The van der Waals surface area contributed by atoms with Gasteiger partial charge in [0.1, 0.15) is 13.2 Å². The lowest BCUT2D eigenvalue weighted by molar-refractivity contribution is -0.167. The van der Waals surface area contributed by atoms with Gasteiger partial charge in [0.15, 0.2) is 6.10 Å². The Morgan fingerprint density at radius 2 is 0.625 bits per heavy atom. The second-order valence-corrected chi connectivity index (χ2v) is 17.6. The monoisotopic (exact) mass is 793 g/mol. The minimum Gasteiger partial charge on any atom is -0.462 e. The molecule has 0 rings (SSSR count). The summed E-state index contributed by atoms with van der Waals surface area (Å²) in [6.45, 7) is 11.4. The summed E-state index contributed by atoms with van der Waals surface area (Å²) >= 11 is 0. The molecule has 0 radical (unpaired) electrons. The summed E-state index contributed by atoms with van der Waals surface area (Å²) in [5, 5.41) is 0. The number of ether oxygens (including phenoxy) is 3. The largest absolute Gasteiger partial charge is 0.462 e. The molecule has 0 fully saturated rings. The van der Waals surface area contributed by atoms with E-state index in [9.17, 15) is 14.4 Å². The zero-order valence-electron chi connectivity index (χ0n) is 38.3. The first kappa shape index (κ1) is 54.4. The first-order valence-electron chi connectivity index (χ1n) is 24.8. The summed E-state index contributed by atoms with van der Waals surface area (Å²) < 4.78 is 16.8. The molecule has 0 bridgehead atoms. The van der Waals surface area contributed by atoms with Crippen molar-refractivity contribution in [2.45, 2.75) is 278 Å². The van der Waals surface area contributed by atoms with Crippen molar-refractivity contribution in [1.29, 1.82) is 0 Å². The van der Waals surface area contributed by atoms with Crippen molar-refractivity contribution >= 4 is 17.9 Å². The van der Waals surface area contributed by atoms with E-state index in [4.69, 9.17) is 14.2 Å². The standard InChI is InChI=1S/C50H96O6/c1-6-9-10-11-12-13-14-15-16-17-22-25-32-37-42-50(53)56-47(44-55-49(52)41-36-31-27-26-29-34-39-46(5)8-3)43-54-48(51)40-35-30-24-21-19-18-20-23-28-33-38-45(4)7-2/h45-47H,6-44H2,1-5H3/t45?,46?,47-/m0/s1. The number of hydrogen-bond donors (Lipinski definition) is 0. The van der Waals surface area contributed by atoms with Crippen LogP contribution in [0.2, 0.25) is 0 Å². The van der Waals surface area contributed by atoms with Crippen molar-refractivity contribution < 1.29 is 28.6 Å². The molecule has 0 saturated heterocycles. The number of unbranched alkanes of at least 4 members (excludes halogenated alkanes) is 27. The van der Waals surface area contributed by atoms with E-state index in [1.165, 1.54) is 161 Å². The summed E-state index contributed by atoms with van der Waals surface area (Å²) in [6, 6.07) is 0. The van der Waals surface area contributed by atoms with Gasteiger partial charge in [-0.05, 0) is 31.1 Å². The Balaban J connectivity index is 4.33. The molecule has 2 unspecified atom stereocenters. The summed E-state index contributed by atoms with van der Waals surface area (Å²) in [6.07, 6.45) is 42.2. The Morgan fingerprint density at radius 3 is 0.929 bits per heavy atom. The van der Waals surface area contributed by atoms with E-state index in [0.29, 0.717) is 19.3 Å². The molecule has 0 aliphatic rings. The van der Waals surface area contributed by atoms with Gasteiger partial charge >= 0.3 is 17.9 Å². The van der Waals surface area contributed by atoms with Gasteiger partial charge in [0.05, 0.1) is 0 Å². The van der Waals surface area contributed by atoms with Crippen LogP contribution in [0.5, 0.6) is 0 Å². The molecule has 0 spiro atoms. The number of carbonyl (C=O) groups excluding carboxylic acids is 3. The highest BCUT2D eigenvalue weighted by Gasteiger charge is 2.19. The SMILES string of the molecule is CCCCCCCCCCCCCCCCC(=O)O[C@@H](COC(=O)CCCCCCCCCCCCC(C)CC)COC(=O)CCCCCCCCC(C)CC. The summed E-state index contributed by atoms with van der Waals surface area (Å²) in [5.41, 5.74) is 0. The van der Waals surface area contributed by atoms with Gasteiger partial charge in [0.25, 0.3) is 0 Å². The molecule has 0 amide bonds. The first-order valence-corrected chi connectivity index (χ1v) is 24.8. The number of carbonyl (C=O) groups is 3. The van der Waals surface area contributed by atoms with Gasteiger partial charge in [0.2, 0.25) is 0 Å². The third-order valence-corrected chi connectivity index (χ3v) is 11.9. The Kier molecular flexibility index (Phi) is 41.8. The molecule has 6 heteroatoms. The Morgan fingerprint density at radius 1 is 0.357 bits per heavy atom. The van der Waals surface area contributed by atoms with E-state index in [1.807, 2.05) is 0 Å². The molecular weight excluding hydrogens is 697 g/mol. The highest BCUT2D eigenvalue weighted by Crippen LogP contribution is 2.18. The molecule has 0 aromatic heterocycles. The van der Waals surface area contributed by atoms with Crippen LogP contribution < -0.4 is 0 Å². The number of hydrogen-bond acceptors (Lipinski definition) is 6. The van der Waals surface area contributed by atoms with Crippen LogP contribution in [0.25, 0.3) is 0 Å². The highest BCUT2D eigenvalue weighted by atomic mass is 16.6. The minimum absolute atomic E-state index is 0.0649. The van der Waals surface area contributed by atoms with Crippen molar-refractivity contribution in [3.05, 3.63) is 0 Å². The molecule has 0 aliphatic heterocycles. The van der Waals surface area contributed by atoms with E-state index >= 15 is 0 Å². The lowest BCUT2D eigenvalue weighted by atomic mass is 9.99. The van der Waals surface area contributed by atoms with Crippen LogP contribution in [-0.4, -0.2) is 37.2 Å². The smallest absolute Gasteiger partial charge is 0.306 e. The average Bonchev–Trinajstić information content (AvgIpc) is 3.19. The van der Waals surface area contributed by atoms with Crippen LogP contribution in [0.4, 0.5) is 0 Å². The van der Waals surface area contributed by atoms with Crippen LogP contribution in [0, 0.1) is 11.8 Å². The van der Waals surface area contributed by atoms with E-state index in [0.717, 1.165) is 69.6 Å². The zero-order chi connectivity index (χ0) is 41.2. The van der Waals surface area contributed by atoms with Gasteiger partial charge in [0, 0.05) is 19.3 Å². The molecule has 0 aromatic rings. The fourth-order valence-corrected chi connectivity index (χ4v) is 7.39. The van der Waals surface area contributed by atoms with Crippen LogP contribution >= 0.6 is 0 Å². The molecule has 0 aliphatic carbocycles. The quantitative estimate of drug-likeness (QED) is 0.0347. The van der Waals surface area contributed by atoms with Gasteiger partial charge < -0.3 is 14.2 Å². The van der Waals surface area contributed by atoms with Crippen LogP contribution in [0.15, 0.2) is 0 Å². The molecule has 56 heavy (non-hydrogen) atoms. The van der Waals surface area contributed by atoms with Crippen LogP contribution in [0.3, 0.4) is 0 Å². The zero-order valence-corrected chi connectivity index (χ0v) is 38.3. The average molecular weight is 793 g/mol. The maximum atomic E-state index is 12.8. The number of rotatable bonds is 44. The van der Waals surface area contributed by atoms with E-state index < -0.39 is 6.10 Å². The van der Waals surface area contributed by atoms with Gasteiger partial charge in [-0.25, -0.2) is 0 Å². The summed E-state index contributed by atoms with van der Waals surface area (Å²) in [4.78, 5) is 37.8. The molecule has 0 saturated carbocycles. The van der Waals surface area contributed by atoms with E-state index in [2.05, 4.69) is 34.6 Å². The number of esters is 3. The fraction of sp³-hybridized carbons (Fsp3) is 0.940. The lowest BCUT2D eigenvalue weighted by Gasteiger charge is -2.18. The maximum absolute atomic E-state index is 12.8. The highest BCUT2D eigenvalue weighted by molar-refractivity contribution is 5.71. The lowest BCUT2D eigenvalue weighted by Crippen LogP contribution is -2.30. The predicted octanol–water partition coefficient (Wildman–Crippen LogP) is 15.8. The fourth-order valence-electron chi connectivity index (χ4n) is 7.39. The van der Waals surface area contributed by atoms with E-state index in [-0.39, 0.29) is 31.1 Å². The minimum atomic E-state index is -0.761. The van der Waals surface area contributed by atoms with Gasteiger partial charge in [-0.1, -0.05) is 234 Å². The third kappa shape index (κ3) is 40.6. The second-order valence-electron chi connectivity index (χ2n) is 17.6.